The Hall–Kier alpha value is -1.69. The first-order chi connectivity index (χ1) is 7.74. The molecule has 1 unspecified atom stereocenters. The second-order valence-electron chi connectivity index (χ2n) is 3.85. The van der Waals surface area contributed by atoms with Gasteiger partial charge in [-0.1, -0.05) is 0 Å². The molecule has 0 aliphatic rings. The van der Waals surface area contributed by atoms with Gasteiger partial charge >= 0.3 is 0 Å². The molecule has 2 heterocycles. The molecule has 0 fully saturated rings. The van der Waals surface area contributed by atoms with Crippen LogP contribution in [0.2, 0.25) is 0 Å². The molecule has 6 nitrogen and oxygen atoms in total. The Balaban J connectivity index is 2.35. The van der Waals surface area contributed by atoms with E-state index in [1.165, 1.54) is 0 Å². The van der Waals surface area contributed by atoms with Crippen LogP contribution in [0.5, 0.6) is 0 Å². The highest BCUT2D eigenvalue weighted by atomic mass is 15.3. The quantitative estimate of drug-likeness (QED) is 0.802. The molecule has 2 aromatic heterocycles. The van der Waals surface area contributed by atoms with Crippen LogP contribution in [0.4, 0.5) is 5.82 Å². The van der Waals surface area contributed by atoms with Crippen LogP contribution >= 0.6 is 0 Å². The first kappa shape index (κ1) is 10.8. The summed E-state index contributed by atoms with van der Waals surface area (Å²) in [4.78, 5) is 6.42. The molecule has 0 saturated carbocycles. The fraction of sp³-hybridized carbons (Fsp3) is 0.500. The number of hydrogen-bond donors (Lipinski definition) is 1. The molecule has 6 heteroatoms. The molecule has 2 rings (SSSR count). The van der Waals surface area contributed by atoms with Gasteiger partial charge in [0.05, 0.1) is 0 Å². The smallest absolute Gasteiger partial charge is 0.203 e. The maximum atomic E-state index is 5.56. The first-order valence-corrected chi connectivity index (χ1v) is 5.31. The Morgan fingerprint density at radius 3 is 3.12 bits per heavy atom. The van der Waals surface area contributed by atoms with Crippen LogP contribution in [0, 0.1) is 0 Å². The van der Waals surface area contributed by atoms with Crippen LogP contribution < -0.4 is 10.6 Å². The summed E-state index contributed by atoms with van der Waals surface area (Å²) in [5.41, 5.74) is 6.33. The van der Waals surface area contributed by atoms with Gasteiger partial charge in [0, 0.05) is 25.5 Å². The standard InChI is InChI=1S/C10H16N6/c1-8(3-4-11)15(2)9-10-14-13-7-16(10)6-5-12-9/h5-8H,3-4,11H2,1-2H3. The highest BCUT2D eigenvalue weighted by Crippen LogP contribution is 2.17. The molecule has 0 aromatic carbocycles. The third-order valence-corrected chi connectivity index (χ3v) is 2.78. The zero-order chi connectivity index (χ0) is 11.5. The molecular formula is C10H16N6. The van der Waals surface area contributed by atoms with Gasteiger partial charge < -0.3 is 10.6 Å². The van der Waals surface area contributed by atoms with Crippen molar-refractivity contribution in [2.24, 2.45) is 5.73 Å². The zero-order valence-electron chi connectivity index (χ0n) is 9.54. The van der Waals surface area contributed by atoms with Crippen LogP contribution in [0.15, 0.2) is 18.7 Å². The minimum Gasteiger partial charge on any atom is -0.354 e. The van der Waals surface area contributed by atoms with E-state index in [0.29, 0.717) is 12.6 Å². The lowest BCUT2D eigenvalue weighted by Gasteiger charge is -2.25. The monoisotopic (exact) mass is 220 g/mol. The van der Waals surface area contributed by atoms with Crippen LogP contribution in [0.3, 0.4) is 0 Å². The number of nitrogens with zero attached hydrogens (tertiary/aromatic N) is 5. The number of aromatic nitrogens is 4. The van der Waals surface area contributed by atoms with E-state index in [1.54, 1.807) is 12.5 Å². The third kappa shape index (κ3) is 1.83. The summed E-state index contributed by atoms with van der Waals surface area (Å²) in [5, 5.41) is 7.93. The second kappa shape index (κ2) is 4.44. The second-order valence-corrected chi connectivity index (χ2v) is 3.85. The number of hydrogen-bond acceptors (Lipinski definition) is 5. The summed E-state index contributed by atoms with van der Waals surface area (Å²) in [7, 11) is 2.00. The van der Waals surface area contributed by atoms with Crippen molar-refractivity contribution in [3.8, 4) is 0 Å². The van der Waals surface area contributed by atoms with Crippen molar-refractivity contribution in [3.05, 3.63) is 18.7 Å². The topological polar surface area (TPSA) is 72.3 Å². The third-order valence-electron chi connectivity index (χ3n) is 2.78. The molecule has 0 saturated heterocycles. The summed E-state index contributed by atoms with van der Waals surface area (Å²) < 4.78 is 1.86. The van der Waals surface area contributed by atoms with Crippen LogP contribution in [0.25, 0.3) is 5.65 Å². The molecule has 2 aromatic rings. The minimum absolute atomic E-state index is 0.334. The van der Waals surface area contributed by atoms with Crippen LogP contribution in [-0.4, -0.2) is 39.2 Å². The average Bonchev–Trinajstić information content (AvgIpc) is 2.76. The van der Waals surface area contributed by atoms with E-state index in [9.17, 15) is 0 Å². The van der Waals surface area contributed by atoms with E-state index in [0.717, 1.165) is 17.9 Å². The van der Waals surface area contributed by atoms with Gasteiger partial charge in [0.1, 0.15) is 6.33 Å². The molecule has 2 N–H and O–H groups in total. The van der Waals surface area contributed by atoms with Gasteiger partial charge in [-0.2, -0.15) is 0 Å². The van der Waals surface area contributed by atoms with Crippen molar-refractivity contribution in [2.75, 3.05) is 18.5 Å². The van der Waals surface area contributed by atoms with E-state index in [1.807, 2.05) is 17.6 Å². The van der Waals surface area contributed by atoms with Gasteiger partial charge in [-0.05, 0) is 19.9 Å². The fourth-order valence-corrected chi connectivity index (χ4v) is 1.64. The molecule has 0 bridgehead atoms. The lowest BCUT2D eigenvalue weighted by molar-refractivity contribution is 0.629. The van der Waals surface area contributed by atoms with Crippen LogP contribution in [0.1, 0.15) is 13.3 Å². The van der Waals surface area contributed by atoms with Crippen molar-refractivity contribution in [3.63, 3.8) is 0 Å². The van der Waals surface area contributed by atoms with Gasteiger partial charge in [-0.3, -0.25) is 4.40 Å². The lowest BCUT2D eigenvalue weighted by Crippen LogP contribution is -2.31. The Morgan fingerprint density at radius 1 is 1.56 bits per heavy atom. The van der Waals surface area contributed by atoms with E-state index in [-0.39, 0.29) is 0 Å². The SMILES string of the molecule is CC(CCN)N(C)c1nccn2cnnc12. The Bertz CT molecular complexity index is 465. The van der Waals surface area contributed by atoms with E-state index in [4.69, 9.17) is 5.73 Å². The van der Waals surface area contributed by atoms with Crippen LogP contribution in [-0.2, 0) is 0 Å². The number of rotatable bonds is 4. The predicted molar refractivity (Wildman–Crippen MR) is 62.3 cm³/mol. The molecule has 0 aliphatic heterocycles. The van der Waals surface area contributed by atoms with Crippen molar-refractivity contribution in [1.29, 1.82) is 0 Å². The molecule has 16 heavy (non-hydrogen) atoms. The highest BCUT2D eigenvalue weighted by Gasteiger charge is 2.14. The van der Waals surface area contributed by atoms with Gasteiger partial charge in [0.2, 0.25) is 5.65 Å². The summed E-state index contributed by atoms with van der Waals surface area (Å²) in [6.45, 7) is 2.79. The Labute approximate surface area is 94.1 Å². The molecular weight excluding hydrogens is 204 g/mol. The van der Waals surface area contributed by atoms with Crippen molar-refractivity contribution in [2.45, 2.75) is 19.4 Å². The number of fused-ring (bicyclic) bond motifs is 1. The fourth-order valence-electron chi connectivity index (χ4n) is 1.64. The van der Waals surface area contributed by atoms with Gasteiger partial charge in [-0.25, -0.2) is 4.98 Å². The van der Waals surface area contributed by atoms with E-state index < -0.39 is 0 Å². The van der Waals surface area contributed by atoms with Gasteiger partial charge in [0.25, 0.3) is 0 Å². The van der Waals surface area contributed by atoms with Crippen molar-refractivity contribution >= 4 is 11.5 Å². The van der Waals surface area contributed by atoms with E-state index in [2.05, 4.69) is 27.0 Å². The van der Waals surface area contributed by atoms with E-state index >= 15 is 0 Å². The van der Waals surface area contributed by atoms with Crippen molar-refractivity contribution in [1.82, 2.24) is 19.6 Å². The lowest BCUT2D eigenvalue weighted by atomic mass is 10.2. The zero-order valence-corrected chi connectivity index (χ0v) is 9.54. The highest BCUT2D eigenvalue weighted by molar-refractivity contribution is 5.63. The Kier molecular flexibility index (Phi) is 3.00. The molecule has 1 atom stereocenters. The molecule has 0 amide bonds. The maximum absolute atomic E-state index is 5.56. The minimum atomic E-state index is 0.334. The normalized spacial score (nSPS) is 12.9. The van der Waals surface area contributed by atoms with Gasteiger partial charge in [-0.15, -0.1) is 10.2 Å². The Morgan fingerprint density at radius 2 is 2.38 bits per heavy atom. The molecule has 0 spiro atoms. The molecule has 86 valence electrons. The largest absolute Gasteiger partial charge is 0.354 e. The average molecular weight is 220 g/mol. The summed E-state index contributed by atoms with van der Waals surface area (Å²) in [6.07, 6.45) is 6.17. The first-order valence-electron chi connectivity index (χ1n) is 5.31. The summed E-state index contributed by atoms with van der Waals surface area (Å²) in [6, 6.07) is 0.334. The van der Waals surface area contributed by atoms with Crippen molar-refractivity contribution < 1.29 is 0 Å². The molecule has 0 radical (unpaired) electrons. The summed E-state index contributed by atoms with van der Waals surface area (Å²) >= 11 is 0. The van der Waals surface area contributed by atoms with Gasteiger partial charge in [0.15, 0.2) is 5.82 Å². The molecule has 0 aliphatic carbocycles. The number of nitrogens with two attached hydrogens (primary N) is 1. The number of anilines is 1. The predicted octanol–water partition coefficient (Wildman–Crippen LogP) is 0.298. The maximum Gasteiger partial charge on any atom is 0.203 e. The summed E-state index contributed by atoms with van der Waals surface area (Å²) in [5.74, 6) is 0.834.